The molecule has 0 radical (unpaired) electrons. The summed E-state index contributed by atoms with van der Waals surface area (Å²) in [5.74, 6) is -0.172. The lowest BCUT2D eigenvalue weighted by Crippen LogP contribution is -2.02. The summed E-state index contributed by atoms with van der Waals surface area (Å²) in [7, 11) is 0. The Morgan fingerprint density at radius 1 is 1.20 bits per heavy atom. The van der Waals surface area contributed by atoms with Gasteiger partial charge in [-0.1, -0.05) is 17.7 Å². The van der Waals surface area contributed by atoms with Crippen molar-refractivity contribution in [3.63, 3.8) is 0 Å². The smallest absolute Gasteiger partial charge is 0.342 e. The van der Waals surface area contributed by atoms with Gasteiger partial charge in [0.2, 0.25) is 0 Å². The molecule has 0 amide bonds. The molecular weight excluding hydrogens is 426 g/mol. The van der Waals surface area contributed by atoms with Gasteiger partial charge in [-0.25, -0.2) is 4.79 Å². The number of aliphatic carboxylic acids is 1. The van der Waals surface area contributed by atoms with Crippen LogP contribution in [0.1, 0.15) is 19.4 Å². The Labute approximate surface area is 183 Å². The first-order valence-electron chi connectivity index (χ1n) is 9.20. The average molecular weight is 446 g/mol. The average Bonchev–Trinajstić information content (AvgIpc) is 3.13. The van der Waals surface area contributed by atoms with Crippen LogP contribution in [-0.4, -0.2) is 37.6 Å². The number of aromatic nitrogens is 3. The number of thioether (sulfide) groups is 1. The van der Waals surface area contributed by atoms with E-state index in [-0.39, 0.29) is 10.7 Å². The second-order valence-corrected chi connectivity index (χ2v) is 7.58. The van der Waals surface area contributed by atoms with Gasteiger partial charge in [0.05, 0.1) is 6.61 Å². The number of phenols is 1. The predicted octanol–water partition coefficient (Wildman–Crippen LogP) is 4.94. The van der Waals surface area contributed by atoms with E-state index >= 15 is 0 Å². The number of nitrogens with zero attached hydrogens (tertiary/aromatic N) is 3. The lowest BCUT2D eigenvalue weighted by Gasteiger charge is -2.09. The van der Waals surface area contributed by atoms with Crippen molar-refractivity contribution in [3.05, 3.63) is 58.0 Å². The van der Waals surface area contributed by atoms with E-state index in [1.165, 1.54) is 12.1 Å². The fourth-order valence-corrected chi connectivity index (χ4v) is 3.75. The van der Waals surface area contributed by atoms with Gasteiger partial charge in [0, 0.05) is 17.1 Å². The number of carboxylic acid groups (broad SMARTS) is 1. The second kappa shape index (κ2) is 9.69. The molecule has 0 bridgehead atoms. The van der Waals surface area contributed by atoms with Gasteiger partial charge in [-0.2, -0.15) is 0 Å². The zero-order valence-electron chi connectivity index (χ0n) is 16.4. The number of benzene rings is 2. The third kappa shape index (κ3) is 4.95. The Hall–Kier alpha value is -2.97. The van der Waals surface area contributed by atoms with Gasteiger partial charge < -0.3 is 19.5 Å². The number of halogens is 1. The second-order valence-electron chi connectivity index (χ2n) is 6.13. The van der Waals surface area contributed by atoms with Crippen molar-refractivity contribution in [3.8, 4) is 22.9 Å². The number of carbonyl (C=O) groups is 1. The first-order chi connectivity index (χ1) is 14.4. The van der Waals surface area contributed by atoms with Crippen LogP contribution in [0.5, 0.6) is 11.5 Å². The van der Waals surface area contributed by atoms with Crippen molar-refractivity contribution in [1.29, 1.82) is 0 Å². The molecule has 2 aromatic carbocycles. The maximum Gasteiger partial charge on any atom is 0.342 e. The Morgan fingerprint density at radius 3 is 2.57 bits per heavy atom. The summed E-state index contributed by atoms with van der Waals surface area (Å²) in [5, 5.41) is 29.0. The molecule has 0 aliphatic carbocycles. The van der Waals surface area contributed by atoms with E-state index in [1.54, 1.807) is 31.2 Å². The number of rotatable bonds is 8. The fourth-order valence-electron chi connectivity index (χ4n) is 2.74. The zero-order valence-corrected chi connectivity index (χ0v) is 17.9. The van der Waals surface area contributed by atoms with E-state index in [1.807, 2.05) is 23.6 Å². The molecule has 156 valence electrons. The Kier molecular flexibility index (Phi) is 7.02. The van der Waals surface area contributed by atoms with Crippen LogP contribution in [0.15, 0.2) is 52.5 Å². The highest BCUT2D eigenvalue weighted by atomic mass is 35.5. The highest BCUT2D eigenvalue weighted by molar-refractivity contribution is 8.04. The SMILES string of the molecule is CCOc1cc(/C=C(\Sc2nnc(-c3ccc(Cl)cc3)n2CC)C(=O)O)ccc1O. The number of carboxylic acids is 1. The Balaban J connectivity index is 1.94. The monoisotopic (exact) mass is 445 g/mol. The molecule has 2 N–H and O–H groups in total. The molecule has 0 atom stereocenters. The number of aromatic hydroxyl groups is 1. The number of hydrogen-bond donors (Lipinski definition) is 2. The van der Waals surface area contributed by atoms with Gasteiger partial charge in [-0.05, 0) is 73.6 Å². The van der Waals surface area contributed by atoms with Gasteiger partial charge in [0.25, 0.3) is 0 Å². The molecule has 9 heteroatoms. The van der Waals surface area contributed by atoms with Gasteiger partial charge in [-0.3, -0.25) is 0 Å². The van der Waals surface area contributed by atoms with Gasteiger partial charge in [0.15, 0.2) is 22.5 Å². The third-order valence-electron chi connectivity index (χ3n) is 4.13. The van der Waals surface area contributed by atoms with Crippen LogP contribution in [0.4, 0.5) is 0 Å². The van der Waals surface area contributed by atoms with E-state index in [4.69, 9.17) is 16.3 Å². The summed E-state index contributed by atoms with van der Waals surface area (Å²) < 4.78 is 7.21. The van der Waals surface area contributed by atoms with Crippen molar-refractivity contribution in [2.45, 2.75) is 25.5 Å². The minimum absolute atomic E-state index is 0.00291. The molecule has 0 saturated carbocycles. The summed E-state index contributed by atoms with van der Waals surface area (Å²) in [5.41, 5.74) is 1.42. The predicted molar refractivity (Wildman–Crippen MR) is 117 cm³/mol. The molecule has 0 saturated heterocycles. The van der Waals surface area contributed by atoms with Gasteiger partial charge in [0.1, 0.15) is 4.91 Å². The molecule has 0 spiro atoms. The Bertz CT molecular complexity index is 1080. The van der Waals surface area contributed by atoms with E-state index in [2.05, 4.69) is 10.2 Å². The van der Waals surface area contributed by atoms with Crippen LogP contribution in [-0.2, 0) is 11.3 Å². The van der Waals surface area contributed by atoms with Crippen molar-refractivity contribution in [1.82, 2.24) is 14.8 Å². The Morgan fingerprint density at radius 2 is 1.93 bits per heavy atom. The van der Waals surface area contributed by atoms with Crippen molar-refractivity contribution in [2.24, 2.45) is 0 Å². The van der Waals surface area contributed by atoms with Crippen LogP contribution < -0.4 is 4.74 Å². The van der Waals surface area contributed by atoms with Gasteiger partial charge >= 0.3 is 5.97 Å². The number of ether oxygens (including phenoxy) is 1. The van der Waals surface area contributed by atoms with Crippen molar-refractivity contribution in [2.75, 3.05) is 6.61 Å². The molecule has 30 heavy (non-hydrogen) atoms. The highest BCUT2D eigenvalue weighted by Crippen LogP contribution is 2.33. The van der Waals surface area contributed by atoms with Crippen molar-refractivity contribution < 1.29 is 19.7 Å². The first-order valence-corrected chi connectivity index (χ1v) is 10.4. The molecule has 0 aliphatic rings. The quantitative estimate of drug-likeness (QED) is 0.374. The minimum atomic E-state index is -1.09. The summed E-state index contributed by atoms with van der Waals surface area (Å²) in [6, 6.07) is 11.9. The lowest BCUT2D eigenvalue weighted by molar-refractivity contribution is -0.131. The maximum absolute atomic E-state index is 11.9. The molecule has 1 aromatic heterocycles. The summed E-state index contributed by atoms with van der Waals surface area (Å²) in [6.07, 6.45) is 1.51. The maximum atomic E-state index is 11.9. The molecule has 3 rings (SSSR count). The molecule has 0 unspecified atom stereocenters. The lowest BCUT2D eigenvalue weighted by atomic mass is 10.2. The van der Waals surface area contributed by atoms with Crippen molar-refractivity contribution >= 4 is 35.4 Å². The largest absolute Gasteiger partial charge is 0.504 e. The summed E-state index contributed by atoms with van der Waals surface area (Å²) in [4.78, 5) is 11.9. The highest BCUT2D eigenvalue weighted by Gasteiger charge is 2.18. The molecule has 0 aliphatic heterocycles. The van der Waals surface area contributed by atoms with Crippen LogP contribution in [0.25, 0.3) is 17.5 Å². The number of phenolic OH excluding ortho intramolecular Hbond substituents is 1. The van der Waals surface area contributed by atoms with Crippen LogP contribution in [0, 0.1) is 0 Å². The van der Waals surface area contributed by atoms with Crippen LogP contribution >= 0.6 is 23.4 Å². The van der Waals surface area contributed by atoms with E-state index in [9.17, 15) is 15.0 Å². The van der Waals surface area contributed by atoms with Gasteiger partial charge in [-0.15, -0.1) is 10.2 Å². The standard InChI is InChI=1S/C21H20ClN3O4S/c1-3-25-19(14-6-8-15(22)9-7-14)23-24-21(25)30-18(20(27)28)12-13-5-10-16(26)17(11-13)29-4-2/h5-12,26H,3-4H2,1-2H3,(H,27,28)/b18-12-. The summed E-state index contributed by atoms with van der Waals surface area (Å²) in [6.45, 7) is 4.68. The van der Waals surface area contributed by atoms with E-state index in [0.29, 0.717) is 40.5 Å². The van der Waals surface area contributed by atoms with Crippen LogP contribution in [0.2, 0.25) is 5.02 Å². The molecule has 1 heterocycles. The van der Waals surface area contributed by atoms with Crippen LogP contribution in [0.3, 0.4) is 0 Å². The molecule has 3 aromatic rings. The normalized spacial score (nSPS) is 11.5. The zero-order chi connectivity index (χ0) is 21.7. The molecular formula is C21H20ClN3O4S. The van der Waals surface area contributed by atoms with E-state index < -0.39 is 5.97 Å². The third-order valence-corrected chi connectivity index (χ3v) is 5.38. The first kappa shape index (κ1) is 21.7. The summed E-state index contributed by atoms with van der Waals surface area (Å²) >= 11 is 6.96. The fraction of sp³-hybridized carbons (Fsp3) is 0.190. The molecule has 7 nitrogen and oxygen atoms in total. The van der Waals surface area contributed by atoms with E-state index in [0.717, 1.165) is 17.3 Å². The number of hydrogen-bond acceptors (Lipinski definition) is 6. The minimum Gasteiger partial charge on any atom is -0.504 e. The molecule has 0 fully saturated rings. The topological polar surface area (TPSA) is 97.5 Å².